The molecule has 0 amide bonds. The van der Waals surface area contributed by atoms with Crippen LogP contribution in [0.1, 0.15) is 31.0 Å². The van der Waals surface area contributed by atoms with Crippen molar-refractivity contribution in [3.63, 3.8) is 0 Å². The van der Waals surface area contributed by atoms with Gasteiger partial charge in [-0.05, 0) is 32.0 Å². The van der Waals surface area contributed by atoms with Gasteiger partial charge in [-0.3, -0.25) is 4.98 Å². The molecule has 0 spiro atoms. The summed E-state index contributed by atoms with van der Waals surface area (Å²) in [5.74, 6) is 1.77. The summed E-state index contributed by atoms with van der Waals surface area (Å²) in [4.78, 5) is 8.50. The van der Waals surface area contributed by atoms with Gasteiger partial charge in [0.1, 0.15) is 0 Å². The number of hydrogen-bond acceptors (Lipinski definition) is 5. The van der Waals surface area contributed by atoms with Crippen LogP contribution in [-0.2, 0) is 0 Å². The molecule has 5 nitrogen and oxygen atoms in total. The highest BCUT2D eigenvalue weighted by Crippen LogP contribution is 2.33. The van der Waals surface area contributed by atoms with Gasteiger partial charge in [-0.25, -0.2) is 0 Å². The molecule has 0 radical (unpaired) electrons. The van der Waals surface area contributed by atoms with Gasteiger partial charge in [0.25, 0.3) is 5.89 Å². The summed E-state index contributed by atoms with van der Waals surface area (Å²) < 4.78 is 5.34. The van der Waals surface area contributed by atoms with E-state index in [0.29, 0.717) is 17.9 Å². The normalized spacial score (nSPS) is 23.4. The number of nitrogens with zero attached hydrogens (tertiary/aromatic N) is 3. The summed E-state index contributed by atoms with van der Waals surface area (Å²) in [6, 6.07) is 4.22. The van der Waals surface area contributed by atoms with Crippen molar-refractivity contribution in [2.75, 3.05) is 7.05 Å². The summed E-state index contributed by atoms with van der Waals surface area (Å²) in [6.45, 7) is 0. The fourth-order valence-corrected chi connectivity index (χ4v) is 2.61. The molecule has 0 aromatic carbocycles. The molecule has 1 N–H and O–H groups in total. The lowest BCUT2D eigenvalue weighted by Gasteiger charge is -2.14. The Kier molecular flexibility index (Phi) is 3.06. The highest BCUT2D eigenvalue weighted by atomic mass is 16.5. The largest absolute Gasteiger partial charge is 0.334 e. The van der Waals surface area contributed by atoms with Gasteiger partial charge in [0, 0.05) is 29.9 Å². The van der Waals surface area contributed by atoms with Gasteiger partial charge >= 0.3 is 0 Å². The molecule has 18 heavy (non-hydrogen) atoms. The Morgan fingerprint density at radius 1 is 1.28 bits per heavy atom. The molecule has 1 aliphatic carbocycles. The summed E-state index contributed by atoms with van der Waals surface area (Å²) in [5, 5.41) is 7.46. The molecule has 2 heterocycles. The molecule has 0 bridgehead atoms. The SMILES string of the molecule is CNC1CCCC1c1noc(-c2ccncc2)n1. The van der Waals surface area contributed by atoms with Crippen LogP contribution in [0.25, 0.3) is 11.5 Å². The van der Waals surface area contributed by atoms with Crippen molar-refractivity contribution in [2.45, 2.75) is 31.2 Å². The summed E-state index contributed by atoms with van der Waals surface area (Å²) in [7, 11) is 1.99. The Bertz CT molecular complexity index is 511. The van der Waals surface area contributed by atoms with Crippen molar-refractivity contribution in [2.24, 2.45) is 0 Å². The summed E-state index contributed by atoms with van der Waals surface area (Å²) in [6.07, 6.45) is 6.98. The number of pyridine rings is 1. The van der Waals surface area contributed by atoms with Crippen LogP contribution in [-0.4, -0.2) is 28.2 Å². The van der Waals surface area contributed by atoms with E-state index < -0.39 is 0 Å². The highest BCUT2D eigenvalue weighted by Gasteiger charge is 2.31. The topological polar surface area (TPSA) is 63.8 Å². The number of aromatic nitrogens is 3. The molecule has 5 heteroatoms. The Labute approximate surface area is 106 Å². The maximum atomic E-state index is 5.34. The van der Waals surface area contributed by atoms with E-state index in [2.05, 4.69) is 20.4 Å². The minimum atomic E-state index is 0.370. The second-order valence-corrected chi connectivity index (χ2v) is 4.63. The lowest BCUT2D eigenvalue weighted by molar-refractivity contribution is 0.405. The third-order valence-corrected chi connectivity index (χ3v) is 3.59. The molecule has 3 rings (SSSR count). The first-order chi connectivity index (χ1) is 8.88. The van der Waals surface area contributed by atoms with Gasteiger partial charge in [0.15, 0.2) is 5.82 Å². The van der Waals surface area contributed by atoms with Gasteiger partial charge in [-0.1, -0.05) is 11.6 Å². The predicted octanol–water partition coefficient (Wildman–Crippen LogP) is 1.99. The Morgan fingerprint density at radius 3 is 2.89 bits per heavy atom. The highest BCUT2D eigenvalue weighted by molar-refractivity contribution is 5.51. The van der Waals surface area contributed by atoms with Crippen LogP contribution in [0.5, 0.6) is 0 Å². The molecule has 2 aromatic heterocycles. The van der Waals surface area contributed by atoms with E-state index in [1.54, 1.807) is 12.4 Å². The quantitative estimate of drug-likeness (QED) is 0.894. The van der Waals surface area contributed by atoms with E-state index >= 15 is 0 Å². The van der Waals surface area contributed by atoms with Gasteiger partial charge in [-0.2, -0.15) is 4.98 Å². The minimum Gasteiger partial charge on any atom is -0.334 e. The smallest absolute Gasteiger partial charge is 0.258 e. The molecular formula is C13H16N4O. The first-order valence-corrected chi connectivity index (χ1v) is 6.30. The Balaban J connectivity index is 1.86. The average molecular weight is 244 g/mol. The molecule has 2 atom stereocenters. The fourth-order valence-electron chi connectivity index (χ4n) is 2.61. The number of likely N-dealkylation sites (N-methyl/N-ethyl adjacent to an activating group) is 1. The molecule has 1 fully saturated rings. The summed E-state index contributed by atoms with van der Waals surface area (Å²) >= 11 is 0. The number of rotatable bonds is 3. The molecule has 1 aliphatic rings. The maximum Gasteiger partial charge on any atom is 0.258 e. The molecule has 2 aromatic rings. The lowest BCUT2D eigenvalue weighted by atomic mass is 10.0. The zero-order valence-electron chi connectivity index (χ0n) is 10.3. The van der Waals surface area contributed by atoms with Crippen molar-refractivity contribution < 1.29 is 4.52 Å². The Hall–Kier alpha value is -1.75. The zero-order valence-corrected chi connectivity index (χ0v) is 10.3. The first kappa shape index (κ1) is 11.3. The Morgan fingerprint density at radius 2 is 2.11 bits per heavy atom. The number of hydrogen-bond donors (Lipinski definition) is 1. The van der Waals surface area contributed by atoms with Gasteiger partial charge in [0.05, 0.1) is 0 Å². The van der Waals surface area contributed by atoms with E-state index in [9.17, 15) is 0 Å². The van der Waals surface area contributed by atoms with Crippen molar-refractivity contribution in [1.82, 2.24) is 20.4 Å². The number of nitrogens with one attached hydrogen (secondary N) is 1. The van der Waals surface area contributed by atoms with Crippen LogP contribution in [0.4, 0.5) is 0 Å². The molecule has 94 valence electrons. The third-order valence-electron chi connectivity index (χ3n) is 3.59. The second-order valence-electron chi connectivity index (χ2n) is 4.63. The maximum absolute atomic E-state index is 5.34. The van der Waals surface area contributed by atoms with Crippen LogP contribution < -0.4 is 5.32 Å². The minimum absolute atomic E-state index is 0.370. The van der Waals surface area contributed by atoms with Crippen LogP contribution in [0.2, 0.25) is 0 Å². The van der Waals surface area contributed by atoms with Crippen LogP contribution in [0.3, 0.4) is 0 Å². The molecule has 0 aliphatic heterocycles. The average Bonchev–Trinajstić information content (AvgIpc) is 3.08. The van der Waals surface area contributed by atoms with Crippen molar-refractivity contribution in [3.05, 3.63) is 30.4 Å². The standard InChI is InChI=1S/C13H16N4O/c1-14-11-4-2-3-10(11)12-16-13(18-17-12)9-5-7-15-8-6-9/h5-8,10-11,14H,2-4H2,1H3. The third kappa shape index (κ3) is 2.01. The van der Waals surface area contributed by atoms with E-state index in [1.807, 2.05) is 19.2 Å². The van der Waals surface area contributed by atoms with Crippen LogP contribution in [0, 0.1) is 0 Å². The van der Waals surface area contributed by atoms with Gasteiger partial charge < -0.3 is 9.84 Å². The van der Waals surface area contributed by atoms with Gasteiger partial charge in [-0.15, -0.1) is 0 Å². The van der Waals surface area contributed by atoms with Crippen LogP contribution in [0.15, 0.2) is 29.0 Å². The van der Waals surface area contributed by atoms with Crippen molar-refractivity contribution in [3.8, 4) is 11.5 Å². The summed E-state index contributed by atoms with van der Waals surface area (Å²) in [5.41, 5.74) is 0.919. The fraction of sp³-hybridized carbons (Fsp3) is 0.462. The van der Waals surface area contributed by atoms with E-state index in [1.165, 1.54) is 12.8 Å². The second kappa shape index (κ2) is 4.86. The van der Waals surface area contributed by atoms with E-state index in [0.717, 1.165) is 17.8 Å². The molecular weight excluding hydrogens is 228 g/mol. The monoisotopic (exact) mass is 244 g/mol. The molecule has 1 saturated carbocycles. The molecule has 0 saturated heterocycles. The first-order valence-electron chi connectivity index (χ1n) is 6.30. The van der Waals surface area contributed by atoms with Crippen molar-refractivity contribution >= 4 is 0 Å². The molecule has 2 unspecified atom stereocenters. The van der Waals surface area contributed by atoms with Crippen molar-refractivity contribution in [1.29, 1.82) is 0 Å². The lowest BCUT2D eigenvalue weighted by Crippen LogP contribution is -2.28. The van der Waals surface area contributed by atoms with Crippen LogP contribution >= 0.6 is 0 Å². The van der Waals surface area contributed by atoms with E-state index in [4.69, 9.17) is 4.52 Å². The van der Waals surface area contributed by atoms with E-state index in [-0.39, 0.29) is 0 Å². The van der Waals surface area contributed by atoms with Gasteiger partial charge in [0.2, 0.25) is 0 Å². The zero-order chi connectivity index (χ0) is 12.4. The predicted molar refractivity (Wildman–Crippen MR) is 67.0 cm³/mol.